The van der Waals surface area contributed by atoms with E-state index in [4.69, 9.17) is 18.9 Å². The van der Waals surface area contributed by atoms with Gasteiger partial charge in [-0.2, -0.15) is 0 Å². The van der Waals surface area contributed by atoms with E-state index >= 15 is 0 Å². The van der Waals surface area contributed by atoms with Gasteiger partial charge in [0.1, 0.15) is 18.1 Å². The van der Waals surface area contributed by atoms with Crippen molar-refractivity contribution in [3.05, 3.63) is 108 Å². The van der Waals surface area contributed by atoms with E-state index in [9.17, 15) is 9.90 Å². The summed E-state index contributed by atoms with van der Waals surface area (Å²) in [5.74, 6) is 3.73. The first-order valence-electron chi connectivity index (χ1n) is 16.4. The van der Waals surface area contributed by atoms with Crippen LogP contribution in [0.25, 0.3) is 11.0 Å². The van der Waals surface area contributed by atoms with Crippen LogP contribution in [-0.4, -0.2) is 83.0 Å². The number of nitrogens with zero attached hydrogens (tertiary/aromatic N) is 5. The second kappa shape index (κ2) is 13.9. The third-order valence-corrected chi connectivity index (χ3v) is 9.11. The van der Waals surface area contributed by atoms with Gasteiger partial charge >= 0.3 is 0 Å². The summed E-state index contributed by atoms with van der Waals surface area (Å²) >= 11 is 0. The number of hydrogen-bond acceptors (Lipinski definition) is 8. The first kappa shape index (κ1) is 30.8. The summed E-state index contributed by atoms with van der Waals surface area (Å²) in [5, 5.41) is 9.50. The fourth-order valence-corrected chi connectivity index (χ4v) is 6.61. The second-order valence-corrected chi connectivity index (χ2v) is 12.3. The van der Waals surface area contributed by atoms with Crippen LogP contribution >= 0.6 is 0 Å². The lowest BCUT2D eigenvalue weighted by Gasteiger charge is -2.30. The van der Waals surface area contributed by atoms with Gasteiger partial charge in [-0.1, -0.05) is 42.5 Å². The third kappa shape index (κ3) is 6.84. The molecule has 47 heavy (non-hydrogen) atoms. The highest BCUT2D eigenvalue weighted by molar-refractivity contribution is 5.94. The van der Waals surface area contributed by atoms with Crippen LogP contribution in [0.1, 0.15) is 34.7 Å². The van der Waals surface area contributed by atoms with Crippen molar-refractivity contribution in [2.45, 2.75) is 32.3 Å². The van der Waals surface area contributed by atoms with Crippen LogP contribution in [0.4, 0.5) is 5.95 Å². The van der Waals surface area contributed by atoms with Crippen molar-refractivity contribution in [1.29, 1.82) is 0 Å². The average molecular weight is 636 g/mol. The quantitative estimate of drug-likeness (QED) is 0.210. The Morgan fingerprint density at radius 2 is 1.62 bits per heavy atom. The highest BCUT2D eigenvalue weighted by atomic mass is 16.7. The summed E-state index contributed by atoms with van der Waals surface area (Å²) in [5.41, 5.74) is 2.68. The number of para-hydroxylation sites is 4. The maximum Gasteiger partial charge on any atom is 0.253 e. The van der Waals surface area contributed by atoms with Gasteiger partial charge in [-0.05, 0) is 74.5 Å². The Labute approximate surface area is 274 Å². The van der Waals surface area contributed by atoms with Gasteiger partial charge in [0.15, 0.2) is 11.5 Å². The summed E-state index contributed by atoms with van der Waals surface area (Å²) in [6.07, 6.45) is 1.35. The number of amides is 1. The molecule has 5 aromatic rings. The number of fused-ring (bicyclic) bond motifs is 2. The Kier molecular flexibility index (Phi) is 9.12. The molecule has 4 heterocycles. The summed E-state index contributed by atoms with van der Waals surface area (Å²) < 4.78 is 20.6. The Morgan fingerprint density at radius 1 is 0.894 bits per heavy atom. The molecule has 1 N–H and O–H groups in total. The lowest BCUT2D eigenvalue weighted by Crippen LogP contribution is -2.42. The Bertz CT molecular complexity index is 1780. The highest BCUT2D eigenvalue weighted by Crippen LogP contribution is 2.37. The van der Waals surface area contributed by atoms with E-state index < -0.39 is 6.29 Å². The predicted octanol–water partition coefficient (Wildman–Crippen LogP) is 5.26. The molecule has 2 aliphatic heterocycles. The monoisotopic (exact) mass is 635 g/mol. The SMILES string of the molecule is CN(CC(CCN1CCCN(c2nc3ccccc3n2Cc2ccc(CO)o2)CC1)C1Oc2ccccc2O1)C(=O)c1ccccc1. The first-order chi connectivity index (χ1) is 23.1. The van der Waals surface area contributed by atoms with Gasteiger partial charge in [0.05, 0.1) is 23.5 Å². The van der Waals surface area contributed by atoms with Crippen molar-refractivity contribution in [1.82, 2.24) is 19.4 Å². The van der Waals surface area contributed by atoms with Crippen LogP contribution in [0.15, 0.2) is 95.4 Å². The molecule has 2 aliphatic rings. The summed E-state index contributed by atoms with van der Waals surface area (Å²) in [7, 11) is 1.85. The van der Waals surface area contributed by atoms with Crippen molar-refractivity contribution in [2.24, 2.45) is 5.92 Å². The van der Waals surface area contributed by atoms with Gasteiger partial charge in [-0.15, -0.1) is 0 Å². The van der Waals surface area contributed by atoms with Crippen molar-refractivity contribution in [2.75, 3.05) is 51.2 Å². The van der Waals surface area contributed by atoms with Gasteiger partial charge in [-0.25, -0.2) is 4.98 Å². The minimum atomic E-state index is -0.463. The number of aliphatic hydroxyl groups is 1. The van der Waals surface area contributed by atoms with Crippen LogP contribution in [0.5, 0.6) is 11.5 Å². The van der Waals surface area contributed by atoms with E-state index in [0.717, 1.165) is 79.8 Å². The number of rotatable bonds is 11. The predicted molar refractivity (Wildman–Crippen MR) is 180 cm³/mol. The van der Waals surface area contributed by atoms with Gasteiger partial charge in [-0.3, -0.25) is 4.79 Å². The molecule has 244 valence electrons. The van der Waals surface area contributed by atoms with Crippen molar-refractivity contribution in [3.63, 3.8) is 0 Å². The Balaban J connectivity index is 1.04. The topological polar surface area (TPSA) is 96.4 Å². The molecule has 0 aliphatic carbocycles. The standard InChI is InChI=1S/C37H41N5O5/c1-39(35(44)27-10-3-2-4-11-27)24-28(36-46-33-14-7-8-15-34(33)47-36)18-21-40-19-9-20-41(23-22-40)37-38-31-12-5-6-13-32(31)42(37)25-29-16-17-30(26-43)45-29/h2-8,10-17,28,36,43H,9,18-26H2,1H3. The Morgan fingerprint density at radius 3 is 2.38 bits per heavy atom. The van der Waals surface area contributed by atoms with Crippen molar-refractivity contribution in [3.8, 4) is 11.5 Å². The number of carbonyl (C=O) groups is 1. The molecule has 10 heteroatoms. The smallest absolute Gasteiger partial charge is 0.253 e. The number of aromatic nitrogens is 2. The third-order valence-electron chi connectivity index (χ3n) is 9.11. The van der Waals surface area contributed by atoms with E-state index in [0.29, 0.717) is 24.4 Å². The van der Waals surface area contributed by atoms with E-state index in [1.54, 1.807) is 4.90 Å². The van der Waals surface area contributed by atoms with E-state index in [-0.39, 0.29) is 18.4 Å². The molecule has 0 saturated carbocycles. The van der Waals surface area contributed by atoms with Crippen LogP contribution < -0.4 is 14.4 Å². The molecule has 3 aromatic carbocycles. The van der Waals surface area contributed by atoms with E-state index in [1.807, 2.05) is 92.0 Å². The molecule has 0 radical (unpaired) electrons. The molecule has 1 atom stereocenters. The normalized spacial score (nSPS) is 16.0. The first-order valence-corrected chi connectivity index (χ1v) is 16.4. The molecule has 10 nitrogen and oxygen atoms in total. The minimum absolute atomic E-state index is 0.0125. The lowest BCUT2D eigenvalue weighted by molar-refractivity contribution is -0.0189. The van der Waals surface area contributed by atoms with Gasteiger partial charge < -0.3 is 38.3 Å². The molecule has 1 saturated heterocycles. The zero-order chi connectivity index (χ0) is 32.2. The highest BCUT2D eigenvalue weighted by Gasteiger charge is 2.34. The summed E-state index contributed by atoms with van der Waals surface area (Å²) in [6.45, 7) is 5.37. The largest absolute Gasteiger partial charge is 0.462 e. The number of imidazole rings is 1. The number of furan rings is 1. The minimum Gasteiger partial charge on any atom is -0.462 e. The zero-order valence-corrected chi connectivity index (χ0v) is 26.7. The number of aliphatic hydroxyl groups excluding tert-OH is 1. The molecule has 0 spiro atoms. The van der Waals surface area contributed by atoms with Crippen LogP contribution in [0.2, 0.25) is 0 Å². The molecule has 1 fully saturated rings. The average Bonchev–Trinajstić information content (AvgIpc) is 3.80. The summed E-state index contributed by atoms with van der Waals surface area (Å²) in [4.78, 5) is 25.0. The number of ether oxygens (including phenoxy) is 2. The maximum absolute atomic E-state index is 13.3. The van der Waals surface area contributed by atoms with E-state index in [2.05, 4.69) is 20.4 Å². The number of benzene rings is 3. The van der Waals surface area contributed by atoms with Gasteiger partial charge in [0, 0.05) is 38.8 Å². The van der Waals surface area contributed by atoms with Gasteiger partial charge in [0.25, 0.3) is 5.91 Å². The van der Waals surface area contributed by atoms with Crippen molar-refractivity contribution >= 4 is 22.9 Å². The summed E-state index contributed by atoms with van der Waals surface area (Å²) in [6, 6.07) is 29.1. The van der Waals surface area contributed by atoms with Crippen molar-refractivity contribution < 1.29 is 23.8 Å². The number of anilines is 1. The fourth-order valence-electron chi connectivity index (χ4n) is 6.61. The van der Waals surface area contributed by atoms with Gasteiger partial charge in [0.2, 0.25) is 12.2 Å². The molecule has 1 unspecified atom stereocenters. The number of hydrogen-bond donors (Lipinski definition) is 1. The maximum atomic E-state index is 13.3. The molecule has 1 amide bonds. The van der Waals surface area contributed by atoms with E-state index in [1.165, 1.54) is 0 Å². The number of carbonyl (C=O) groups excluding carboxylic acids is 1. The molecular formula is C37H41N5O5. The van der Waals surface area contributed by atoms with Crippen LogP contribution in [-0.2, 0) is 13.2 Å². The lowest BCUT2D eigenvalue weighted by atomic mass is 10.0. The Hall–Kier alpha value is -4.80. The van der Waals surface area contributed by atoms with Crippen LogP contribution in [0, 0.1) is 5.92 Å². The molecule has 0 bridgehead atoms. The van der Waals surface area contributed by atoms with Crippen LogP contribution in [0.3, 0.4) is 0 Å². The second-order valence-electron chi connectivity index (χ2n) is 12.3. The fraction of sp³-hybridized carbons (Fsp3) is 0.351. The zero-order valence-electron chi connectivity index (χ0n) is 26.7. The molecular weight excluding hydrogens is 594 g/mol. The molecule has 2 aromatic heterocycles. The molecule has 7 rings (SSSR count).